The molecule has 0 atom stereocenters. The van der Waals surface area contributed by atoms with Crippen LogP contribution in [0.2, 0.25) is 0 Å². The van der Waals surface area contributed by atoms with Gasteiger partial charge in [-0.05, 0) is 11.6 Å². The molecule has 0 saturated heterocycles. The summed E-state index contributed by atoms with van der Waals surface area (Å²) in [4.78, 5) is 20.6. The zero-order valence-electron chi connectivity index (χ0n) is 5.19. The van der Waals surface area contributed by atoms with Crippen LogP contribution in [0.15, 0.2) is 0 Å². The Hall–Kier alpha value is -0.0900. The van der Waals surface area contributed by atoms with Crippen LogP contribution in [0, 0.1) is 0 Å². The normalized spacial score (nSPS) is 9.00. The van der Waals surface area contributed by atoms with Crippen LogP contribution >= 0.6 is 27.5 Å². The second kappa shape index (κ2) is 5.68. The monoisotopic (exact) mass is 227 g/mol. The molecular weight excluding hydrogens is 221 g/mol. The topological polar surface area (TPSA) is 46.2 Å². The summed E-state index contributed by atoms with van der Waals surface area (Å²) in [6, 6.07) is 0. The van der Waals surface area contributed by atoms with Gasteiger partial charge in [0.1, 0.15) is 0 Å². The fourth-order valence-corrected chi connectivity index (χ4v) is 0.640. The van der Waals surface area contributed by atoms with Crippen LogP contribution in [0.4, 0.5) is 0 Å². The van der Waals surface area contributed by atoms with Gasteiger partial charge in [0.2, 0.25) is 11.1 Å². The lowest BCUT2D eigenvalue weighted by molar-refractivity contribution is -0.118. The number of halogens is 2. The number of hydrogen-bond acceptors (Lipinski definition) is 2. The molecule has 0 aromatic carbocycles. The van der Waals surface area contributed by atoms with Gasteiger partial charge >= 0.3 is 0 Å². The van der Waals surface area contributed by atoms with Gasteiger partial charge < -0.3 is 5.32 Å². The first-order valence-electron chi connectivity index (χ1n) is 2.68. The van der Waals surface area contributed by atoms with E-state index in [4.69, 9.17) is 11.6 Å². The molecule has 0 aliphatic heterocycles. The fraction of sp³-hybridized carbons (Fsp3) is 0.600. The van der Waals surface area contributed by atoms with E-state index >= 15 is 0 Å². The highest BCUT2D eigenvalue weighted by Gasteiger charge is 1.98. The lowest BCUT2D eigenvalue weighted by Gasteiger charge is -1.97. The van der Waals surface area contributed by atoms with Crippen LogP contribution in [0.3, 0.4) is 0 Å². The molecular formula is C5H7BrClNO2. The molecule has 1 N–H and O–H groups in total. The molecule has 0 bridgehead atoms. The number of hydrogen-bond donors (Lipinski definition) is 1. The second-order valence-electron chi connectivity index (χ2n) is 1.59. The van der Waals surface area contributed by atoms with Gasteiger partial charge in [-0.25, -0.2) is 0 Å². The quantitative estimate of drug-likeness (QED) is 0.567. The van der Waals surface area contributed by atoms with Crippen molar-refractivity contribution in [1.82, 2.24) is 5.32 Å². The summed E-state index contributed by atoms with van der Waals surface area (Å²) >= 11 is 7.95. The van der Waals surface area contributed by atoms with Gasteiger partial charge in [0.15, 0.2) is 0 Å². The van der Waals surface area contributed by atoms with Crippen molar-refractivity contribution in [2.24, 2.45) is 0 Å². The maximum absolute atomic E-state index is 10.5. The lowest BCUT2D eigenvalue weighted by Crippen LogP contribution is -2.25. The molecule has 0 aromatic heterocycles. The molecule has 0 aliphatic rings. The minimum Gasteiger partial charge on any atom is -0.355 e. The third-order valence-electron chi connectivity index (χ3n) is 0.765. The van der Waals surface area contributed by atoms with E-state index in [0.29, 0.717) is 6.54 Å². The summed E-state index contributed by atoms with van der Waals surface area (Å²) in [5.74, 6) is -0.141. The van der Waals surface area contributed by atoms with Crippen molar-refractivity contribution in [2.75, 3.05) is 11.9 Å². The Morgan fingerprint density at radius 2 is 2.10 bits per heavy atom. The Balaban J connectivity index is 3.20. The standard InChI is InChI=1S/C5H7BrClNO2/c6-3-5(10)8-2-1-4(7)9/h1-3H2,(H,8,10). The Bertz CT molecular complexity index is 140. The molecule has 0 aliphatic carbocycles. The van der Waals surface area contributed by atoms with Gasteiger partial charge in [-0.2, -0.15) is 0 Å². The highest BCUT2D eigenvalue weighted by Crippen LogP contribution is 1.86. The van der Waals surface area contributed by atoms with Gasteiger partial charge in [0.25, 0.3) is 0 Å². The fourth-order valence-electron chi connectivity index (χ4n) is 0.347. The van der Waals surface area contributed by atoms with Gasteiger partial charge in [0.05, 0.1) is 5.33 Å². The number of nitrogens with one attached hydrogen (secondary N) is 1. The maximum Gasteiger partial charge on any atom is 0.230 e. The first-order chi connectivity index (χ1) is 4.66. The Labute approximate surface area is 72.2 Å². The van der Waals surface area contributed by atoms with E-state index in [-0.39, 0.29) is 17.7 Å². The van der Waals surface area contributed by atoms with E-state index in [1.165, 1.54) is 0 Å². The van der Waals surface area contributed by atoms with Gasteiger partial charge in [-0.1, -0.05) is 15.9 Å². The molecule has 5 heteroatoms. The minimum atomic E-state index is -0.435. The molecule has 10 heavy (non-hydrogen) atoms. The molecule has 0 saturated carbocycles. The summed E-state index contributed by atoms with van der Waals surface area (Å²) in [6.07, 6.45) is 0.181. The molecule has 0 radical (unpaired) electrons. The van der Waals surface area contributed by atoms with Gasteiger partial charge in [0, 0.05) is 13.0 Å². The molecule has 0 aromatic rings. The number of carbonyl (C=O) groups excluding carboxylic acids is 2. The molecule has 0 unspecified atom stereocenters. The Kier molecular flexibility index (Phi) is 5.63. The molecule has 58 valence electrons. The van der Waals surface area contributed by atoms with E-state index in [2.05, 4.69) is 21.2 Å². The summed E-state index contributed by atoms with van der Waals surface area (Å²) in [5.41, 5.74) is 0. The van der Waals surface area contributed by atoms with Crippen LogP contribution in [0.5, 0.6) is 0 Å². The number of alkyl halides is 1. The van der Waals surface area contributed by atoms with E-state index in [0.717, 1.165) is 0 Å². The minimum absolute atomic E-state index is 0.141. The highest BCUT2D eigenvalue weighted by atomic mass is 79.9. The molecule has 1 amide bonds. The maximum atomic E-state index is 10.5. The van der Waals surface area contributed by atoms with Crippen molar-refractivity contribution in [1.29, 1.82) is 0 Å². The molecule has 0 spiro atoms. The number of rotatable bonds is 4. The van der Waals surface area contributed by atoms with E-state index in [1.807, 2.05) is 0 Å². The first kappa shape index (κ1) is 9.91. The van der Waals surface area contributed by atoms with E-state index < -0.39 is 5.24 Å². The summed E-state index contributed by atoms with van der Waals surface area (Å²) in [7, 11) is 0. The Morgan fingerprint density at radius 1 is 1.50 bits per heavy atom. The third-order valence-corrected chi connectivity index (χ3v) is 1.46. The Morgan fingerprint density at radius 3 is 2.50 bits per heavy atom. The smallest absolute Gasteiger partial charge is 0.230 e. The average Bonchev–Trinajstić information content (AvgIpc) is 1.87. The molecule has 0 fully saturated rings. The van der Waals surface area contributed by atoms with Gasteiger partial charge in [-0.15, -0.1) is 0 Å². The van der Waals surface area contributed by atoms with E-state index in [9.17, 15) is 9.59 Å². The van der Waals surface area contributed by atoms with Crippen molar-refractivity contribution >= 4 is 38.7 Å². The predicted octanol–water partition coefficient (Wildman–Crippen LogP) is 0.653. The SMILES string of the molecule is O=C(Cl)CCNC(=O)CBr. The molecule has 0 rings (SSSR count). The summed E-state index contributed by atoms with van der Waals surface area (Å²) in [5, 5.41) is 2.29. The molecule has 0 heterocycles. The predicted molar refractivity (Wildman–Crippen MR) is 42.3 cm³/mol. The van der Waals surface area contributed by atoms with Crippen molar-refractivity contribution in [3.05, 3.63) is 0 Å². The lowest BCUT2D eigenvalue weighted by atomic mass is 10.4. The largest absolute Gasteiger partial charge is 0.355 e. The van der Waals surface area contributed by atoms with Crippen molar-refractivity contribution < 1.29 is 9.59 Å². The molecule has 3 nitrogen and oxygen atoms in total. The van der Waals surface area contributed by atoms with Crippen molar-refractivity contribution in [3.63, 3.8) is 0 Å². The zero-order chi connectivity index (χ0) is 7.98. The number of amides is 1. The van der Waals surface area contributed by atoms with Crippen LogP contribution in [0.25, 0.3) is 0 Å². The second-order valence-corrected chi connectivity index (χ2v) is 2.57. The van der Waals surface area contributed by atoms with E-state index in [1.54, 1.807) is 0 Å². The van der Waals surface area contributed by atoms with Crippen molar-refractivity contribution in [2.45, 2.75) is 6.42 Å². The van der Waals surface area contributed by atoms with Crippen LogP contribution < -0.4 is 5.32 Å². The van der Waals surface area contributed by atoms with Crippen molar-refractivity contribution in [3.8, 4) is 0 Å². The summed E-state index contributed by atoms with van der Waals surface area (Å²) in [6.45, 7) is 0.312. The summed E-state index contributed by atoms with van der Waals surface area (Å²) < 4.78 is 0. The zero-order valence-corrected chi connectivity index (χ0v) is 7.54. The average molecular weight is 228 g/mol. The van der Waals surface area contributed by atoms with Crippen LogP contribution in [-0.2, 0) is 9.59 Å². The number of carbonyl (C=O) groups is 2. The third kappa shape index (κ3) is 6.04. The highest BCUT2D eigenvalue weighted by molar-refractivity contribution is 9.09. The van der Waals surface area contributed by atoms with Crippen LogP contribution in [-0.4, -0.2) is 23.0 Å². The first-order valence-corrected chi connectivity index (χ1v) is 4.17. The van der Waals surface area contributed by atoms with Gasteiger partial charge in [-0.3, -0.25) is 9.59 Å². The van der Waals surface area contributed by atoms with Crippen LogP contribution in [0.1, 0.15) is 6.42 Å².